The highest BCUT2D eigenvalue weighted by Gasteiger charge is 2.18. The molecule has 0 atom stereocenters. The molecule has 3 rings (SSSR count). The maximum Gasteiger partial charge on any atom is 0.348 e. The van der Waals surface area contributed by atoms with Crippen LogP contribution in [0.1, 0.15) is 11.1 Å². The van der Waals surface area contributed by atoms with Crippen LogP contribution in [0.15, 0.2) is 51.7 Å². The molecule has 0 saturated heterocycles. The van der Waals surface area contributed by atoms with Crippen LogP contribution < -0.4 is 5.63 Å². The average molecular weight is 266 g/mol. The van der Waals surface area contributed by atoms with Gasteiger partial charge >= 0.3 is 5.63 Å². The fraction of sp³-hybridized carbons (Fsp3) is 0.118. The molecule has 3 heteroatoms. The Bertz CT molecular complexity index is 839. The van der Waals surface area contributed by atoms with Crippen molar-refractivity contribution < 1.29 is 9.52 Å². The fourth-order valence-corrected chi connectivity index (χ4v) is 2.56. The van der Waals surface area contributed by atoms with Gasteiger partial charge in [-0.05, 0) is 42.7 Å². The molecular weight excluding hydrogens is 252 g/mol. The summed E-state index contributed by atoms with van der Waals surface area (Å²) in [4.78, 5) is 12.2. The summed E-state index contributed by atoms with van der Waals surface area (Å²) in [5.41, 5.74) is 2.72. The Kier molecular flexibility index (Phi) is 2.83. The lowest BCUT2D eigenvalue weighted by atomic mass is 9.95. The van der Waals surface area contributed by atoms with Crippen LogP contribution in [-0.2, 0) is 0 Å². The third-order valence-corrected chi connectivity index (χ3v) is 3.52. The van der Waals surface area contributed by atoms with Crippen LogP contribution in [0.2, 0.25) is 0 Å². The zero-order valence-corrected chi connectivity index (χ0v) is 11.3. The van der Waals surface area contributed by atoms with Gasteiger partial charge in [0.05, 0.1) is 5.39 Å². The first kappa shape index (κ1) is 12.5. The predicted molar refractivity (Wildman–Crippen MR) is 79.1 cm³/mol. The minimum atomic E-state index is -0.515. The summed E-state index contributed by atoms with van der Waals surface area (Å²) in [5, 5.41) is 11.0. The first-order valence-electron chi connectivity index (χ1n) is 6.41. The van der Waals surface area contributed by atoms with Crippen molar-refractivity contribution in [2.75, 3.05) is 0 Å². The van der Waals surface area contributed by atoms with Crippen molar-refractivity contribution >= 4 is 11.0 Å². The van der Waals surface area contributed by atoms with Crippen LogP contribution in [0.3, 0.4) is 0 Å². The molecule has 0 bridgehead atoms. The second-order valence-corrected chi connectivity index (χ2v) is 4.88. The van der Waals surface area contributed by atoms with E-state index in [0.29, 0.717) is 11.0 Å². The van der Waals surface area contributed by atoms with Crippen molar-refractivity contribution in [3.63, 3.8) is 0 Å². The first-order chi connectivity index (χ1) is 9.59. The van der Waals surface area contributed by atoms with E-state index in [0.717, 1.165) is 16.7 Å². The van der Waals surface area contributed by atoms with Crippen LogP contribution in [0.25, 0.3) is 22.1 Å². The number of rotatable bonds is 1. The molecule has 0 spiro atoms. The van der Waals surface area contributed by atoms with Gasteiger partial charge in [0.2, 0.25) is 0 Å². The number of para-hydroxylation sites is 1. The van der Waals surface area contributed by atoms with Gasteiger partial charge in [-0.3, -0.25) is 0 Å². The normalized spacial score (nSPS) is 10.9. The van der Waals surface area contributed by atoms with Crippen molar-refractivity contribution in [1.29, 1.82) is 0 Å². The summed E-state index contributed by atoms with van der Waals surface area (Å²) in [6.07, 6.45) is 0. The molecule has 1 N–H and O–H groups in total. The van der Waals surface area contributed by atoms with E-state index < -0.39 is 5.63 Å². The lowest BCUT2D eigenvalue weighted by Crippen LogP contribution is -2.05. The van der Waals surface area contributed by atoms with Crippen LogP contribution in [0.5, 0.6) is 5.75 Å². The third-order valence-electron chi connectivity index (χ3n) is 3.52. The minimum absolute atomic E-state index is 0.0192. The molecule has 1 heterocycles. The average Bonchev–Trinajstić information content (AvgIpc) is 2.42. The van der Waals surface area contributed by atoms with E-state index in [2.05, 4.69) is 0 Å². The standard InChI is InChI=1S/C17H14O3/c1-10-6-5-7-11(2)14(10)15-16(18)12-8-3-4-9-13(12)20-17(15)19/h3-9,18H,1-2H3. The van der Waals surface area contributed by atoms with Gasteiger partial charge in [-0.1, -0.05) is 30.3 Å². The van der Waals surface area contributed by atoms with Crippen LogP contribution >= 0.6 is 0 Å². The molecule has 3 nitrogen and oxygen atoms in total. The zero-order chi connectivity index (χ0) is 14.3. The molecular formula is C17H14O3. The number of hydrogen-bond donors (Lipinski definition) is 1. The van der Waals surface area contributed by atoms with Gasteiger partial charge in [0.15, 0.2) is 0 Å². The third kappa shape index (κ3) is 1.79. The van der Waals surface area contributed by atoms with Gasteiger partial charge in [-0.25, -0.2) is 4.79 Å². The van der Waals surface area contributed by atoms with E-state index in [1.54, 1.807) is 24.3 Å². The Morgan fingerprint density at radius 2 is 1.55 bits per heavy atom. The lowest BCUT2D eigenvalue weighted by Gasteiger charge is -2.11. The van der Waals surface area contributed by atoms with E-state index in [-0.39, 0.29) is 11.3 Å². The molecule has 3 aromatic rings. The van der Waals surface area contributed by atoms with Crippen molar-refractivity contribution in [2.24, 2.45) is 0 Å². The van der Waals surface area contributed by atoms with E-state index in [9.17, 15) is 9.90 Å². The van der Waals surface area contributed by atoms with Gasteiger partial charge in [-0.15, -0.1) is 0 Å². The second kappa shape index (κ2) is 4.53. The number of aryl methyl sites for hydroxylation is 2. The molecule has 1 aromatic heterocycles. The highest BCUT2D eigenvalue weighted by Crippen LogP contribution is 2.35. The van der Waals surface area contributed by atoms with Gasteiger partial charge in [0.25, 0.3) is 0 Å². The Balaban J connectivity index is 2.46. The SMILES string of the molecule is Cc1cccc(C)c1-c1c(O)c2ccccc2oc1=O. The maximum absolute atomic E-state index is 12.2. The molecule has 0 aliphatic rings. The summed E-state index contributed by atoms with van der Waals surface area (Å²) in [7, 11) is 0. The Hall–Kier alpha value is -2.55. The molecule has 0 unspecified atom stereocenters. The fourth-order valence-electron chi connectivity index (χ4n) is 2.56. The largest absolute Gasteiger partial charge is 0.506 e. The molecule has 0 radical (unpaired) electrons. The number of hydrogen-bond acceptors (Lipinski definition) is 3. The minimum Gasteiger partial charge on any atom is -0.506 e. The van der Waals surface area contributed by atoms with Gasteiger partial charge in [0, 0.05) is 0 Å². The summed E-state index contributed by atoms with van der Waals surface area (Å²) in [6, 6.07) is 12.7. The monoisotopic (exact) mass is 266 g/mol. The van der Waals surface area contributed by atoms with E-state index >= 15 is 0 Å². The summed E-state index contributed by atoms with van der Waals surface area (Å²) in [5.74, 6) is -0.0192. The molecule has 0 aliphatic heterocycles. The smallest absolute Gasteiger partial charge is 0.348 e. The quantitative estimate of drug-likeness (QED) is 0.682. The molecule has 0 saturated carbocycles. The zero-order valence-electron chi connectivity index (χ0n) is 11.3. The molecule has 100 valence electrons. The van der Waals surface area contributed by atoms with Crippen molar-refractivity contribution in [1.82, 2.24) is 0 Å². The second-order valence-electron chi connectivity index (χ2n) is 4.88. The number of aromatic hydroxyl groups is 1. The maximum atomic E-state index is 12.2. The predicted octanol–water partition coefficient (Wildman–Crippen LogP) is 3.78. The van der Waals surface area contributed by atoms with Crippen molar-refractivity contribution in [2.45, 2.75) is 13.8 Å². The van der Waals surface area contributed by atoms with Gasteiger partial charge in [0.1, 0.15) is 16.9 Å². The van der Waals surface area contributed by atoms with Crippen LogP contribution in [0, 0.1) is 13.8 Å². The van der Waals surface area contributed by atoms with E-state index in [1.165, 1.54) is 0 Å². The van der Waals surface area contributed by atoms with Crippen LogP contribution in [-0.4, -0.2) is 5.11 Å². The Morgan fingerprint density at radius 3 is 2.25 bits per heavy atom. The van der Waals surface area contributed by atoms with Gasteiger partial charge in [-0.2, -0.15) is 0 Å². The van der Waals surface area contributed by atoms with E-state index in [1.807, 2.05) is 32.0 Å². The highest BCUT2D eigenvalue weighted by molar-refractivity contribution is 5.91. The Morgan fingerprint density at radius 1 is 0.900 bits per heavy atom. The number of fused-ring (bicyclic) bond motifs is 1. The molecule has 0 fully saturated rings. The van der Waals surface area contributed by atoms with E-state index in [4.69, 9.17) is 4.42 Å². The molecule has 0 amide bonds. The van der Waals surface area contributed by atoms with Crippen molar-refractivity contribution in [3.05, 3.63) is 64.0 Å². The number of benzene rings is 2. The molecule has 20 heavy (non-hydrogen) atoms. The van der Waals surface area contributed by atoms with Crippen LogP contribution in [0.4, 0.5) is 0 Å². The first-order valence-corrected chi connectivity index (χ1v) is 6.41. The summed E-state index contributed by atoms with van der Waals surface area (Å²) in [6.45, 7) is 3.83. The Labute approximate surface area is 116 Å². The summed E-state index contributed by atoms with van der Waals surface area (Å²) >= 11 is 0. The summed E-state index contributed by atoms with van der Waals surface area (Å²) < 4.78 is 5.32. The van der Waals surface area contributed by atoms with Gasteiger partial charge < -0.3 is 9.52 Å². The van der Waals surface area contributed by atoms with Crippen molar-refractivity contribution in [3.8, 4) is 16.9 Å². The topological polar surface area (TPSA) is 50.4 Å². The molecule has 2 aromatic carbocycles. The highest BCUT2D eigenvalue weighted by atomic mass is 16.4. The molecule has 0 aliphatic carbocycles. The lowest BCUT2D eigenvalue weighted by molar-refractivity contribution is 0.471.